The van der Waals surface area contributed by atoms with E-state index in [1.54, 1.807) is 14.1 Å². The van der Waals surface area contributed by atoms with Crippen LogP contribution in [0, 0.1) is 0 Å². The fraction of sp³-hybridized carbons (Fsp3) is 0.857. The van der Waals surface area contributed by atoms with Crippen LogP contribution in [0.5, 0.6) is 0 Å². The smallest absolute Gasteiger partial charge is 0.218 e. The van der Waals surface area contributed by atoms with Crippen LogP contribution in [0.4, 0.5) is 0 Å². The zero-order chi connectivity index (χ0) is 8.69. The van der Waals surface area contributed by atoms with E-state index in [-0.39, 0.29) is 5.91 Å². The topological polar surface area (TPSA) is 38.8 Å². The van der Waals surface area contributed by atoms with E-state index in [9.17, 15) is 4.79 Å². The molecular weight excluding hydrogens is 146 g/mol. The van der Waals surface area contributed by atoms with Crippen LogP contribution in [0.3, 0.4) is 0 Å². The molecule has 1 heterocycles. The molecule has 0 bridgehead atoms. The lowest BCUT2D eigenvalue weighted by atomic mass is 10.7. The highest BCUT2D eigenvalue weighted by Gasteiger charge is 1.93. The minimum absolute atomic E-state index is 0.0926. The van der Waals surface area contributed by atoms with E-state index in [4.69, 9.17) is 9.47 Å². The molecule has 0 radical (unpaired) electrons. The lowest BCUT2D eigenvalue weighted by molar-refractivity contribution is -0.126. The molecule has 0 atom stereocenters. The molecule has 0 spiro atoms. The molecule has 1 aliphatic heterocycles. The maximum atomic E-state index is 10.1. The standard InChI is InChI=1S/C4H9NO.C3H6O2/c1-4(6)5(2)3;1-2-5-3-4-1/h1-3H3;1-3H2. The highest BCUT2D eigenvalue weighted by Crippen LogP contribution is 1.85. The first kappa shape index (κ1) is 10.4. The second-order valence-corrected chi connectivity index (χ2v) is 2.35. The summed E-state index contributed by atoms with van der Waals surface area (Å²) in [5.74, 6) is 0.0926. The van der Waals surface area contributed by atoms with Crippen LogP contribution in [-0.2, 0) is 14.3 Å². The lowest BCUT2D eigenvalue weighted by Crippen LogP contribution is -2.17. The number of rotatable bonds is 0. The summed E-state index contributed by atoms with van der Waals surface area (Å²) in [6, 6.07) is 0. The average molecular weight is 161 g/mol. The Bertz CT molecular complexity index is 103. The molecule has 0 aromatic heterocycles. The third-order valence-electron chi connectivity index (χ3n) is 1.17. The van der Waals surface area contributed by atoms with Crippen LogP contribution in [-0.4, -0.2) is 44.9 Å². The van der Waals surface area contributed by atoms with Gasteiger partial charge in [-0.2, -0.15) is 0 Å². The van der Waals surface area contributed by atoms with Crippen LogP contribution in [0.15, 0.2) is 0 Å². The van der Waals surface area contributed by atoms with E-state index in [2.05, 4.69) is 0 Å². The summed E-state index contributed by atoms with van der Waals surface area (Å²) in [5, 5.41) is 0. The second kappa shape index (κ2) is 6.12. The van der Waals surface area contributed by atoms with Crippen molar-refractivity contribution in [2.24, 2.45) is 0 Å². The molecule has 66 valence electrons. The predicted octanol–water partition coefficient (Wildman–Crippen LogP) is 0.0852. The fourth-order valence-corrected chi connectivity index (χ4v) is 0.295. The van der Waals surface area contributed by atoms with Crippen molar-refractivity contribution in [1.82, 2.24) is 4.90 Å². The van der Waals surface area contributed by atoms with E-state index in [1.807, 2.05) is 0 Å². The molecule has 1 aliphatic rings. The Hall–Kier alpha value is -0.610. The number of carbonyl (C=O) groups excluding carboxylic acids is 1. The van der Waals surface area contributed by atoms with Crippen LogP contribution in [0.25, 0.3) is 0 Å². The molecule has 1 rings (SSSR count). The molecule has 0 aromatic rings. The Morgan fingerprint density at radius 1 is 1.27 bits per heavy atom. The molecule has 0 unspecified atom stereocenters. The van der Waals surface area contributed by atoms with Gasteiger partial charge in [-0.3, -0.25) is 4.79 Å². The largest absolute Gasteiger partial charge is 0.353 e. The Balaban J connectivity index is 0.000000183. The van der Waals surface area contributed by atoms with E-state index >= 15 is 0 Å². The van der Waals surface area contributed by atoms with E-state index in [1.165, 1.54) is 11.8 Å². The van der Waals surface area contributed by atoms with Gasteiger partial charge in [0.1, 0.15) is 6.79 Å². The fourth-order valence-electron chi connectivity index (χ4n) is 0.295. The van der Waals surface area contributed by atoms with Gasteiger partial charge in [-0.25, -0.2) is 0 Å². The summed E-state index contributed by atoms with van der Waals surface area (Å²) in [5.41, 5.74) is 0. The molecule has 0 N–H and O–H groups in total. The Morgan fingerprint density at radius 3 is 1.73 bits per heavy atom. The van der Waals surface area contributed by atoms with Gasteiger partial charge in [0.2, 0.25) is 5.91 Å². The second-order valence-electron chi connectivity index (χ2n) is 2.35. The van der Waals surface area contributed by atoms with Crippen molar-refractivity contribution in [1.29, 1.82) is 0 Å². The molecule has 11 heavy (non-hydrogen) atoms. The van der Waals surface area contributed by atoms with Gasteiger partial charge in [-0.05, 0) is 0 Å². The van der Waals surface area contributed by atoms with Gasteiger partial charge in [-0.1, -0.05) is 0 Å². The third kappa shape index (κ3) is 7.29. The number of hydrogen-bond acceptors (Lipinski definition) is 3. The zero-order valence-corrected chi connectivity index (χ0v) is 7.29. The quantitative estimate of drug-likeness (QED) is 0.505. The number of hydrogen-bond donors (Lipinski definition) is 0. The molecule has 1 amide bonds. The molecule has 4 nitrogen and oxygen atoms in total. The van der Waals surface area contributed by atoms with E-state index in [0.717, 1.165) is 13.2 Å². The van der Waals surface area contributed by atoms with Crippen molar-refractivity contribution < 1.29 is 14.3 Å². The number of amides is 1. The summed E-state index contributed by atoms with van der Waals surface area (Å²) in [4.78, 5) is 11.6. The number of nitrogens with zero attached hydrogens (tertiary/aromatic N) is 1. The van der Waals surface area contributed by atoms with Gasteiger partial charge >= 0.3 is 0 Å². The number of ether oxygens (including phenoxy) is 2. The van der Waals surface area contributed by atoms with Crippen LogP contribution >= 0.6 is 0 Å². The average Bonchev–Trinajstić information content (AvgIpc) is 2.41. The maximum Gasteiger partial charge on any atom is 0.218 e. The van der Waals surface area contributed by atoms with Gasteiger partial charge in [0.25, 0.3) is 0 Å². The SMILES string of the molecule is C1COCO1.CC(=O)N(C)C. The highest BCUT2D eigenvalue weighted by atomic mass is 16.7. The Morgan fingerprint density at radius 2 is 1.64 bits per heavy atom. The summed E-state index contributed by atoms with van der Waals surface area (Å²) >= 11 is 0. The molecular formula is C7H15NO3. The highest BCUT2D eigenvalue weighted by molar-refractivity contribution is 5.72. The molecule has 4 heteroatoms. The van der Waals surface area contributed by atoms with E-state index in [0.29, 0.717) is 6.79 Å². The molecule has 0 aromatic carbocycles. The van der Waals surface area contributed by atoms with Crippen molar-refractivity contribution in [2.75, 3.05) is 34.1 Å². The summed E-state index contributed by atoms with van der Waals surface area (Å²) < 4.78 is 9.44. The Kier molecular flexibility index (Phi) is 5.78. The molecule has 1 fully saturated rings. The predicted molar refractivity (Wildman–Crippen MR) is 41.1 cm³/mol. The van der Waals surface area contributed by atoms with Crippen LogP contribution in [0.2, 0.25) is 0 Å². The van der Waals surface area contributed by atoms with Gasteiger partial charge in [-0.15, -0.1) is 0 Å². The van der Waals surface area contributed by atoms with Gasteiger partial charge in [0, 0.05) is 21.0 Å². The summed E-state index contributed by atoms with van der Waals surface area (Å²) in [6.45, 7) is 3.58. The summed E-state index contributed by atoms with van der Waals surface area (Å²) in [6.07, 6.45) is 0. The minimum atomic E-state index is 0.0926. The van der Waals surface area contributed by atoms with Crippen molar-refractivity contribution >= 4 is 5.91 Å². The molecule has 0 saturated carbocycles. The normalized spacial score (nSPS) is 15.2. The van der Waals surface area contributed by atoms with Gasteiger partial charge in [0.05, 0.1) is 13.2 Å². The third-order valence-corrected chi connectivity index (χ3v) is 1.17. The molecule has 1 saturated heterocycles. The number of carbonyl (C=O) groups is 1. The van der Waals surface area contributed by atoms with Crippen LogP contribution < -0.4 is 0 Å². The maximum absolute atomic E-state index is 10.1. The Labute approximate surface area is 67.1 Å². The molecule has 0 aliphatic carbocycles. The van der Waals surface area contributed by atoms with Gasteiger partial charge in [0.15, 0.2) is 0 Å². The first-order valence-electron chi connectivity index (χ1n) is 3.48. The summed E-state index contributed by atoms with van der Waals surface area (Å²) in [7, 11) is 3.45. The van der Waals surface area contributed by atoms with Crippen LogP contribution in [0.1, 0.15) is 6.92 Å². The van der Waals surface area contributed by atoms with Crippen molar-refractivity contribution in [3.8, 4) is 0 Å². The van der Waals surface area contributed by atoms with Crippen molar-refractivity contribution in [3.05, 3.63) is 0 Å². The van der Waals surface area contributed by atoms with E-state index < -0.39 is 0 Å². The first-order chi connectivity index (χ1) is 5.14. The lowest BCUT2D eigenvalue weighted by Gasteiger charge is -2.02. The van der Waals surface area contributed by atoms with Crippen molar-refractivity contribution in [2.45, 2.75) is 6.92 Å². The first-order valence-corrected chi connectivity index (χ1v) is 3.48. The monoisotopic (exact) mass is 161 g/mol. The van der Waals surface area contributed by atoms with Gasteiger partial charge < -0.3 is 14.4 Å². The zero-order valence-electron chi connectivity index (χ0n) is 7.29. The van der Waals surface area contributed by atoms with Crippen molar-refractivity contribution in [3.63, 3.8) is 0 Å². The minimum Gasteiger partial charge on any atom is -0.353 e.